The fraction of sp³-hybridized carbons (Fsp3) is 0.300. The van der Waals surface area contributed by atoms with Gasteiger partial charge >= 0.3 is 0 Å². The van der Waals surface area contributed by atoms with Crippen LogP contribution in [0.25, 0.3) is 11.0 Å². The molecule has 0 fully saturated rings. The summed E-state index contributed by atoms with van der Waals surface area (Å²) in [6.45, 7) is 3.46. The molecule has 1 N–H and O–H groups in total. The number of hydrogen-bond acceptors (Lipinski definition) is 5. The molecule has 2 aromatic carbocycles. The standard InChI is InChI=1S/C20H21N3O2/c1-3-25-20-14-10-11-21-19(13(14)8-9-18(20)24-2)17-12-22-15-6-4-5-7-16(15)23-17/h4-9,12,19,21H,3,10-11H2,1-2H3/t19-/m0/s1. The van der Waals surface area contributed by atoms with Gasteiger partial charge in [0.05, 0.1) is 42.7 Å². The van der Waals surface area contributed by atoms with Gasteiger partial charge < -0.3 is 14.8 Å². The Morgan fingerprint density at radius 3 is 2.80 bits per heavy atom. The second kappa shape index (κ2) is 6.69. The minimum absolute atomic E-state index is 0.00553. The number of benzene rings is 2. The molecule has 25 heavy (non-hydrogen) atoms. The second-order valence-corrected chi connectivity index (χ2v) is 6.02. The summed E-state index contributed by atoms with van der Waals surface area (Å²) in [4.78, 5) is 9.38. The van der Waals surface area contributed by atoms with E-state index in [1.807, 2.05) is 43.5 Å². The van der Waals surface area contributed by atoms with E-state index in [-0.39, 0.29) is 6.04 Å². The van der Waals surface area contributed by atoms with Gasteiger partial charge in [0.25, 0.3) is 0 Å². The van der Waals surface area contributed by atoms with Gasteiger partial charge in [-0.15, -0.1) is 0 Å². The molecule has 1 aliphatic rings. The van der Waals surface area contributed by atoms with Gasteiger partial charge in [-0.3, -0.25) is 4.98 Å². The number of fused-ring (bicyclic) bond motifs is 2. The van der Waals surface area contributed by atoms with Crippen molar-refractivity contribution in [3.05, 3.63) is 59.4 Å². The highest BCUT2D eigenvalue weighted by atomic mass is 16.5. The molecule has 0 amide bonds. The van der Waals surface area contributed by atoms with Crippen molar-refractivity contribution in [2.75, 3.05) is 20.3 Å². The Hall–Kier alpha value is -2.66. The third-order valence-electron chi connectivity index (χ3n) is 4.57. The lowest BCUT2D eigenvalue weighted by molar-refractivity contribution is 0.305. The molecular weight excluding hydrogens is 314 g/mol. The average Bonchev–Trinajstić information content (AvgIpc) is 2.67. The highest BCUT2D eigenvalue weighted by Gasteiger charge is 2.27. The lowest BCUT2D eigenvalue weighted by atomic mass is 9.91. The molecule has 128 valence electrons. The van der Waals surface area contributed by atoms with Crippen molar-refractivity contribution in [2.24, 2.45) is 0 Å². The smallest absolute Gasteiger partial charge is 0.164 e. The van der Waals surface area contributed by atoms with Crippen molar-refractivity contribution in [1.82, 2.24) is 15.3 Å². The van der Waals surface area contributed by atoms with Gasteiger partial charge in [0.2, 0.25) is 0 Å². The van der Waals surface area contributed by atoms with Crippen LogP contribution >= 0.6 is 0 Å². The summed E-state index contributed by atoms with van der Waals surface area (Å²) in [5.41, 5.74) is 5.12. The molecule has 0 aliphatic carbocycles. The van der Waals surface area contributed by atoms with E-state index in [4.69, 9.17) is 14.5 Å². The number of hydrogen-bond donors (Lipinski definition) is 1. The Labute approximate surface area is 147 Å². The van der Waals surface area contributed by atoms with Crippen LogP contribution in [0.2, 0.25) is 0 Å². The maximum Gasteiger partial charge on any atom is 0.164 e. The zero-order valence-corrected chi connectivity index (χ0v) is 14.5. The molecule has 1 aliphatic heterocycles. The van der Waals surface area contributed by atoms with Gasteiger partial charge in [-0.05, 0) is 37.1 Å². The van der Waals surface area contributed by atoms with Crippen LogP contribution in [0, 0.1) is 0 Å². The molecule has 0 unspecified atom stereocenters. The zero-order valence-electron chi connectivity index (χ0n) is 14.5. The molecule has 3 aromatic rings. The van der Waals surface area contributed by atoms with Gasteiger partial charge in [0, 0.05) is 12.1 Å². The van der Waals surface area contributed by atoms with Gasteiger partial charge in [0.1, 0.15) is 0 Å². The summed E-state index contributed by atoms with van der Waals surface area (Å²) in [5.74, 6) is 1.63. The lowest BCUT2D eigenvalue weighted by Gasteiger charge is -2.28. The third-order valence-corrected chi connectivity index (χ3v) is 4.57. The van der Waals surface area contributed by atoms with Gasteiger partial charge in [0.15, 0.2) is 11.5 Å². The summed E-state index contributed by atoms with van der Waals surface area (Å²) in [7, 11) is 1.68. The van der Waals surface area contributed by atoms with E-state index in [1.165, 1.54) is 11.1 Å². The van der Waals surface area contributed by atoms with E-state index in [0.717, 1.165) is 41.2 Å². The minimum Gasteiger partial charge on any atom is -0.493 e. The maximum absolute atomic E-state index is 5.89. The van der Waals surface area contributed by atoms with E-state index in [2.05, 4.69) is 16.4 Å². The average molecular weight is 335 g/mol. The van der Waals surface area contributed by atoms with Gasteiger partial charge in [-0.2, -0.15) is 0 Å². The van der Waals surface area contributed by atoms with Gasteiger partial charge in [-0.1, -0.05) is 18.2 Å². The number of rotatable bonds is 4. The first-order valence-electron chi connectivity index (χ1n) is 8.59. The molecule has 5 heteroatoms. The molecule has 0 saturated carbocycles. The molecule has 0 saturated heterocycles. The van der Waals surface area contributed by atoms with Crippen molar-refractivity contribution < 1.29 is 9.47 Å². The number of methoxy groups -OCH3 is 1. The maximum atomic E-state index is 5.89. The predicted molar refractivity (Wildman–Crippen MR) is 97.3 cm³/mol. The summed E-state index contributed by atoms with van der Waals surface area (Å²) >= 11 is 0. The summed E-state index contributed by atoms with van der Waals surface area (Å²) < 4.78 is 11.4. The van der Waals surface area contributed by atoms with Crippen molar-refractivity contribution >= 4 is 11.0 Å². The number of nitrogens with one attached hydrogen (secondary N) is 1. The number of para-hydroxylation sites is 2. The van der Waals surface area contributed by atoms with E-state index in [9.17, 15) is 0 Å². The Balaban J connectivity index is 1.81. The highest BCUT2D eigenvalue weighted by Crippen LogP contribution is 2.39. The van der Waals surface area contributed by atoms with E-state index < -0.39 is 0 Å². The summed E-state index contributed by atoms with van der Waals surface area (Å²) in [5, 5.41) is 3.56. The monoisotopic (exact) mass is 335 g/mol. The van der Waals surface area contributed by atoms with Crippen molar-refractivity contribution in [3.63, 3.8) is 0 Å². The molecule has 0 radical (unpaired) electrons. The number of nitrogens with zero attached hydrogens (tertiary/aromatic N) is 2. The normalized spacial score (nSPS) is 16.5. The Kier molecular flexibility index (Phi) is 4.24. The van der Waals surface area contributed by atoms with Gasteiger partial charge in [-0.25, -0.2) is 4.98 Å². The third kappa shape index (κ3) is 2.81. The Morgan fingerprint density at radius 2 is 2.00 bits per heavy atom. The second-order valence-electron chi connectivity index (χ2n) is 6.02. The number of aromatic nitrogens is 2. The predicted octanol–water partition coefficient (Wildman–Crippen LogP) is 3.27. The first-order valence-corrected chi connectivity index (χ1v) is 8.59. The van der Waals surface area contributed by atoms with Crippen LogP contribution in [0.1, 0.15) is 29.8 Å². The first-order chi connectivity index (χ1) is 12.3. The fourth-order valence-corrected chi connectivity index (χ4v) is 3.44. The van der Waals surface area contributed by atoms with Crippen LogP contribution in [-0.2, 0) is 6.42 Å². The SMILES string of the molecule is CCOc1c(OC)ccc2c1CCN[C@@H]2c1cnc2ccccc2n1. The highest BCUT2D eigenvalue weighted by molar-refractivity contribution is 5.73. The Bertz CT molecular complexity index is 911. The van der Waals surface area contributed by atoms with Crippen molar-refractivity contribution in [3.8, 4) is 11.5 Å². The first kappa shape index (κ1) is 15.8. The van der Waals surface area contributed by atoms with Crippen molar-refractivity contribution in [2.45, 2.75) is 19.4 Å². The van der Waals surface area contributed by atoms with Crippen molar-refractivity contribution in [1.29, 1.82) is 0 Å². The molecule has 2 heterocycles. The lowest BCUT2D eigenvalue weighted by Crippen LogP contribution is -2.31. The zero-order chi connectivity index (χ0) is 17.2. The molecular formula is C20H21N3O2. The molecule has 1 atom stereocenters. The van der Waals surface area contributed by atoms with E-state index in [0.29, 0.717) is 6.61 Å². The molecule has 0 spiro atoms. The minimum atomic E-state index is 0.00553. The summed E-state index contributed by atoms with van der Waals surface area (Å²) in [6.07, 6.45) is 2.76. The molecule has 5 nitrogen and oxygen atoms in total. The van der Waals surface area contributed by atoms with Crippen LogP contribution in [0.5, 0.6) is 11.5 Å². The Morgan fingerprint density at radius 1 is 1.16 bits per heavy atom. The summed E-state index contributed by atoms with van der Waals surface area (Å²) in [6, 6.07) is 12.0. The number of ether oxygens (including phenoxy) is 2. The largest absolute Gasteiger partial charge is 0.493 e. The van der Waals surface area contributed by atoms with Crippen LogP contribution in [0.15, 0.2) is 42.6 Å². The molecule has 4 rings (SSSR count). The quantitative estimate of drug-likeness (QED) is 0.793. The van der Waals surface area contributed by atoms with Crippen LogP contribution in [0.3, 0.4) is 0 Å². The van der Waals surface area contributed by atoms with Crippen LogP contribution < -0.4 is 14.8 Å². The molecule has 0 bridgehead atoms. The van der Waals surface area contributed by atoms with E-state index in [1.54, 1.807) is 7.11 Å². The van der Waals surface area contributed by atoms with Crippen LogP contribution in [-0.4, -0.2) is 30.2 Å². The topological polar surface area (TPSA) is 56.3 Å². The van der Waals surface area contributed by atoms with E-state index >= 15 is 0 Å². The van der Waals surface area contributed by atoms with Crippen LogP contribution in [0.4, 0.5) is 0 Å². The fourth-order valence-electron chi connectivity index (χ4n) is 3.44. The molecule has 1 aromatic heterocycles.